The van der Waals surface area contributed by atoms with Crippen LogP contribution in [0.25, 0.3) is 44.7 Å². The van der Waals surface area contributed by atoms with Crippen molar-refractivity contribution < 1.29 is 19.8 Å². The number of rotatable bonds is 26. The molecule has 4 aromatic carbocycles. The maximum atomic E-state index is 11.2. The number of benzene rings is 4. The lowest BCUT2D eigenvalue weighted by Gasteiger charge is -2.47. The molecule has 12 aromatic rings. The van der Waals surface area contributed by atoms with Crippen LogP contribution >= 0.6 is 92.8 Å². The molecule has 744 valence electrons. The van der Waals surface area contributed by atoms with Crippen LogP contribution in [0.2, 0.25) is 40.2 Å². The monoisotopic (exact) mass is 2080 g/mol. The Morgan fingerprint density at radius 1 is 0.352 bits per heavy atom. The Labute approximate surface area is 864 Å². The number of nitrogens with two attached hydrogens (primary N) is 2. The number of aliphatic hydroxyl groups is 2. The summed E-state index contributed by atoms with van der Waals surface area (Å²) in [5.74, 6) is 7.50. The van der Waals surface area contributed by atoms with Gasteiger partial charge in [-0.1, -0.05) is 117 Å². The lowest BCUT2D eigenvalue weighted by atomic mass is 9.80. The van der Waals surface area contributed by atoms with E-state index in [2.05, 4.69) is 104 Å². The lowest BCUT2D eigenvalue weighted by Crippen LogP contribution is -2.54. The topological polar surface area (TPSA) is 422 Å². The average Bonchev–Trinajstić information content (AvgIpc) is 1.61. The number of nitriles is 4. The number of amides is 2. The highest BCUT2D eigenvalue weighted by molar-refractivity contribution is 6.37. The number of piperidine rings is 4. The average molecular weight is 2080 g/mol. The molecule has 0 aliphatic carbocycles. The van der Waals surface area contributed by atoms with E-state index in [1.807, 2.05) is 65.8 Å². The van der Waals surface area contributed by atoms with E-state index in [4.69, 9.17) is 124 Å². The lowest BCUT2D eigenvalue weighted by molar-refractivity contribution is -0.119. The molecule has 10 atom stereocenters. The van der Waals surface area contributed by atoms with Gasteiger partial charge in [0.2, 0.25) is 11.8 Å². The van der Waals surface area contributed by atoms with E-state index in [1.165, 1.54) is 38.5 Å². The summed E-state index contributed by atoms with van der Waals surface area (Å²) in [5, 5.41) is 80.4. The van der Waals surface area contributed by atoms with Gasteiger partial charge in [-0.2, -0.15) is 41.4 Å². The predicted octanol–water partition coefficient (Wildman–Crippen LogP) is 15.6. The number of nitrogens with zero attached hydrogens (tertiary/aromatic N) is 28. The molecule has 0 spiro atoms. The molecule has 8 fully saturated rings. The quantitative estimate of drug-likeness (QED) is 0.0391. The normalized spacial score (nSPS) is 20.4. The largest absolute Gasteiger partial charge is 0.392 e. The van der Waals surface area contributed by atoms with Crippen LogP contribution in [0.1, 0.15) is 175 Å². The molecule has 2 amide bonds. The number of carbonyl (C=O) groups is 2. The fourth-order valence-corrected chi connectivity index (χ4v) is 23.7. The molecule has 16 heterocycles. The van der Waals surface area contributed by atoms with Crippen molar-refractivity contribution in [1.29, 1.82) is 21.0 Å². The highest BCUT2D eigenvalue weighted by atomic mass is 35.5. The maximum absolute atomic E-state index is 11.2. The summed E-state index contributed by atoms with van der Waals surface area (Å²) in [4.78, 5) is 78.6. The summed E-state index contributed by atoms with van der Waals surface area (Å²) >= 11 is 50.1. The molecule has 6 N–H and O–H groups in total. The molecular weight excluding hydrogens is 1970 g/mol. The van der Waals surface area contributed by atoms with E-state index in [0.717, 1.165) is 189 Å². The van der Waals surface area contributed by atoms with Crippen LogP contribution < -0.4 is 31.1 Å². The van der Waals surface area contributed by atoms with Crippen LogP contribution in [0, 0.1) is 92.7 Å². The van der Waals surface area contributed by atoms with E-state index < -0.39 is 0 Å². The van der Waals surface area contributed by atoms with E-state index in [1.54, 1.807) is 92.0 Å². The molecule has 8 saturated heterocycles. The molecule has 0 saturated carbocycles. The van der Waals surface area contributed by atoms with Crippen molar-refractivity contribution >= 4 is 173 Å². The number of likely N-dealkylation sites (tertiary alicyclic amines) is 4. The Hall–Kier alpha value is -10.7. The van der Waals surface area contributed by atoms with Gasteiger partial charge >= 0.3 is 0 Å². The zero-order valence-corrected chi connectivity index (χ0v) is 86.0. The van der Waals surface area contributed by atoms with Crippen LogP contribution in [-0.2, 0) is 9.59 Å². The third kappa shape index (κ3) is 23.1. The van der Waals surface area contributed by atoms with Crippen molar-refractivity contribution in [2.24, 2.45) is 58.8 Å². The van der Waals surface area contributed by atoms with E-state index in [-0.39, 0.29) is 71.0 Å². The fraction of sp³-hybridized carbons (Fsp3) is 0.500. The minimum Gasteiger partial charge on any atom is -0.392 e. The standard InChI is InChI=1S/2C25H28Cl2N8O.2C25H29Cl2N7O/c2*1-15(19-5-4-18(26)9-20(19)27)35-25-24(21(10-28)32-35)30-11-23(31-25)34-13-17(14-34)16-3-2-7-33(12-16)8-6-22(29)36;2*1-15(35)11-32-7-3-4-17(12-32)18-13-33(14-18)23-10-29-24-22(9-28)31-34(25(24)30-23)16(2)20-6-5-19(26)8-21(20)27/h2*4-5,9,11,15-17H,2-3,6-8,12-14H2,1H3,(H2,29,36);2*5-6,8,10,15-18,35H,3-4,7,11-14H2,1-2H3/t15-,16+;15-,16-;15-,16+,17+;15-,16+,17-/m1100/s1. The zero-order valence-electron chi connectivity index (χ0n) is 79.9. The SMILES string of the molecule is C[C@H](O)CN1CCC[C@@H](C2CN(c3cnc4c(C#N)nn([C@H](C)c5ccc(Cl)cc5Cl)c4n3)C2)C1.C[C@H](O)CN1CCC[C@H](C2CN(c3cnc4c(C#N)nn([C@H](C)c5ccc(Cl)cc5Cl)c4n3)C2)C1.C[C@H](c1ccc(Cl)cc1Cl)n1nc(C#N)c2ncc(N3CC([C@@H]4CCCN(CCC(N)=O)C4)C3)nc21.C[C@H](c1ccc(Cl)cc1Cl)n1nc(C#N)c2ncc(N3CC([C@H]4CCCN(CCC(N)=O)C4)C3)nc21. The van der Waals surface area contributed by atoms with Gasteiger partial charge in [0.25, 0.3) is 0 Å². The minimum absolute atomic E-state index is 0.237. The van der Waals surface area contributed by atoms with Crippen molar-refractivity contribution in [1.82, 2.24) is 98.6 Å². The van der Waals surface area contributed by atoms with Crippen molar-refractivity contribution in [3.8, 4) is 24.3 Å². The molecule has 142 heavy (non-hydrogen) atoms. The van der Waals surface area contributed by atoms with Crippen molar-refractivity contribution in [3.63, 3.8) is 0 Å². The van der Waals surface area contributed by atoms with Gasteiger partial charge in [-0.05, 0) is 237 Å². The van der Waals surface area contributed by atoms with Crippen LogP contribution in [0.3, 0.4) is 0 Å². The van der Waals surface area contributed by atoms with E-state index in [9.17, 15) is 40.8 Å². The molecule has 0 bridgehead atoms. The Morgan fingerprint density at radius 2 is 0.577 bits per heavy atom. The van der Waals surface area contributed by atoms with Crippen LogP contribution in [0.15, 0.2) is 97.6 Å². The van der Waals surface area contributed by atoms with Gasteiger partial charge in [-0.3, -0.25) is 9.59 Å². The number of hydrogen-bond acceptors (Lipinski definition) is 28. The summed E-state index contributed by atoms with van der Waals surface area (Å²) in [7, 11) is 0. The summed E-state index contributed by atoms with van der Waals surface area (Å²) in [5.41, 5.74) is 19.2. The van der Waals surface area contributed by atoms with Crippen LogP contribution in [0.4, 0.5) is 23.3 Å². The summed E-state index contributed by atoms with van der Waals surface area (Å²) in [6.45, 7) is 30.2. The molecule has 42 heteroatoms. The van der Waals surface area contributed by atoms with Gasteiger partial charge in [0, 0.05) is 158 Å². The van der Waals surface area contributed by atoms with Gasteiger partial charge in [0.15, 0.2) is 45.4 Å². The van der Waals surface area contributed by atoms with E-state index >= 15 is 0 Å². The van der Waals surface area contributed by atoms with Crippen LogP contribution in [-0.4, -0.2) is 264 Å². The first-order valence-electron chi connectivity index (χ1n) is 48.6. The molecule has 8 aliphatic rings. The summed E-state index contributed by atoms with van der Waals surface area (Å²) in [6, 6.07) is 29.0. The smallest absolute Gasteiger partial charge is 0.218 e. The molecule has 0 radical (unpaired) electrons. The number of fused-ring (bicyclic) bond motifs is 4. The first-order chi connectivity index (χ1) is 68.3. The molecular formula is C100H114Cl8N30O4. The first kappa shape index (κ1) is 103. The van der Waals surface area contributed by atoms with Crippen molar-refractivity contribution in [3.05, 3.63) is 183 Å². The first-order valence-corrected chi connectivity index (χ1v) is 51.6. The molecule has 8 aliphatic heterocycles. The molecule has 8 aromatic heterocycles. The number of carbonyl (C=O) groups excluding carboxylic acids is 2. The Bertz CT molecular complexity index is 6390. The fourth-order valence-electron chi connectivity index (χ4n) is 21.4. The van der Waals surface area contributed by atoms with Gasteiger partial charge in [-0.25, -0.2) is 58.6 Å². The second-order valence-corrected chi connectivity index (χ2v) is 42.5. The Kier molecular flexibility index (Phi) is 32.7. The van der Waals surface area contributed by atoms with E-state index in [0.29, 0.717) is 145 Å². The highest BCUT2D eigenvalue weighted by Crippen LogP contribution is 2.43. The Balaban J connectivity index is 0.000000130. The highest BCUT2D eigenvalue weighted by Gasteiger charge is 2.43. The van der Waals surface area contributed by atoms with Gasteiger partial charge < -0.3 is 60.9 Å². The third-order valence-electron chi connectivity index (χ3n) is 29.3. The molecule has 34 nitrogen and oxygen atoms in total. The second-order valence-electron chi connectivity index (χ2n) is 39.1. The van der Waals surface area contributed by atoms with Gasteiger partial charge in [-0.15, -0.1) is 0 Å². The number of aliphatic hydroxyl groups excluding tert-OH is 2. The number of primary amides is 2. The zero-order chi connectivity index (χ0) is 100. The Morgan fingerprint density at radius 3 is 0.789 bits per heavy atom. The van der Waals surface area contributed by atoms with Crippen LogP contribution in [0.5, 0.6) is 0 Å². The number of aromatic nitrogens is 16. The molecule has 20 rings (SSSR count). The van der Waals surface area contributed by atoms with Gasteiger partial charge in [0.1, 0.15) is 69.6 Å². The van der Waals surface area contributed by atoms with Crippen molar-refractivity contribution in [2.45, 2.75) is 142 Å². The van der Waals surface area contributed by atoms with Crippen molar-refractivity contribution in [2.75, 3.05) is 150 Å². The maximum Gasteiger partial charge on any atom is 0.218 e. The number of β-amino-alcohol motifs (C(OH)–C–C–N with tert-alkyl or cyclic N) is 2. The van der Waals surface area contributed by atoms with Gasteiger partial charge in [0.05, 0.1) is 61.2 Å². The third-order valence-corrected chi connectivity index (χ3v) is 31.5. The summed E-state index contributed by atoms with van der Waals surface area (Å²) in [6.07, 6.45) is 16.7. The number of halogens is 8. The minimum atomic E-state index is -0.290. The summed E-state index contributed by atoms with van der Waals surface area (Å²) < 4.78 is 6.89. The molecule has 0 unspecified atom stereocenters. The predicted molar refractivity (Wildman–Crippen MR) is 552 cm³/mol. The second kappa shape index (κ2) is 45.3. The number of hydrogen-bond donors (Lipinski definition) is 4. The number of anilines is 4.